The first-order chi connectivity index (χ1) is 17.0. The molecular weight excluding hydrogens is 446 g/mol. The monoisotopic (exact) mass is 467 g/mol. The lowest BCUT2D eigenvalue weighted by molar-refractivity contribution is 0.0941. The topological polar surface area (TPSA) is 140 Å². The predicted octanol–water partition coefficient (Wildman–Crippen LogP) is 2.91. The maximum absolute atomic E-state index is 13.8. The number of carbonyl (C=O) groups is 1. The van der Waals surface area contributed by atoms with Gasteiger partial charge in [-0.1, -0.05) is 41.6 Å². The molecule has 0 radical (unpaired) electrons. The van der Waals surface area contributed by atoms with Crippen molar-refractivity contribution in [3.8, 4) is 5.69 Å². The van der Waals surface area contributed by atoms with Gasteiger partial charge < -0.3 is 16.3 Å². The van der Waals surface area contributed by atoms with E-state index in [2.05, 4.69) is 20.6 Å². The van der Waals surface area contributed by atoms with Gasteiger partial charge in [-0.25, -0.2) is 9.50 Å². The highest BCUT2D eigenvalue weighted by atomic mass is 16.4. The summed E-state index contributed by atoms with van der Waals surface area (Å²) in [4.78, 5) is 31.2. The Morgan fingerprint density at radius 1 is 1.17 bits per heavy atom. The van der Waals surface area contributed by atoms with Crippen LogP contribution in [0, 0.1) is 0 Å². The highest BCUT2D eigenvalue weighted by Crippen LogP contribution is 2.24. The molecule has 0 saturated heterocycles. The van der Waals surface area contributed by atoms with Crippen LogP contribution in [0.5, 0.6) is 0 Å². The molecule has 1 atom stereocenters. The Hall–Kier alpha value is -4.99. The molecule has 0 aliphatic heterocycles. The number of nitrogens with one attached hydrogen (secondary N) is 1. The molecule has 0 aliphatic carbocycles. The molecular formula is C25H21N7O3. The number of aromatic nitrogens is 4. The Balaban J connectivity index is 1.66. The molecule has 4 N–H and O–H groups in total. The van der Waals surface area contributed by atoms with E-state index in [1.54, 1.807) is 60.3 Å². The third kappa shape index (κ3) is 3.76. The maximum Gasteiger partial charge on any atom is 0.263 e. The summed E-state index contributed by atoms with van der Waals surface area (Å²) in [7, 11) is 0. The molecule has 0 aliphatic rings. The van der Waals surface area contributed by atoms with Crippen LogP contribution in [-0.4, -0.2) is 36.5 Å². The zero-order chi connectivity index (χ0) is 24.5. The van der Waals surface area contributed by atoms with Gasteiger partial charge in [0, 0.05) is 29.3 Å². The Bertz CT molecular complexity index is 1660. The summed E-state index contributed by atoms with van der Waals surface area (Å²) in [5.74, 6) is -0.405. The summed E-state index contributed by atoms with van der Waals surface area (Å²) in [6, 6.07) is 17.3. The second kappa shape index (κ2) is 8.75. The predicted molar refractivity (Wildman–Crippen MR) is 132 cm³/mol. The number of nitrogens with two attached hydrogens (primary N) is 1. The van der Waals surface area contributed by atoms with Crippen molar-refractivity contribution in [2.24, 2.45) is 5.16 Å². The number of amides is 1. The first-order valence-electron chi connectivity index (χ1n) is 10.8. The highest BCUT2D eigenvalue weighted by Gasteiger charge is 2.23. The van der Waals surface area contributed by atoms with E-state index >= 15 is 0 Å². The summed E-state index contributed by atoms with van der Waals surface area (Å²) >= 11 is 0. The molecule has 0 saturated carbocycles. The molecule has 5 aromatic rings. The smallest absolute Gasteiger partial charge is 0.263 e. The first kappa shape index (κ1) is 21.8. The van der Waals surface area contributed by atoms with Crippen LogP contribution in [-0.2, 0) is 0 Å². The number of carbonyl (C=O) groups excluding carboxylic acids is 1. The fourth-order valence-electron chi connectivity index (χ4n) is 4.21. The highest BCUT2D eigenvalue weighted by molar-refractivity contribution is 6.04. The summed E-state index contributed by atoms with van der Waals surface area (Å²) < 4.78 is 2.98. The Morgan fingerprint density at radius 2 is 1.97 bits per heavy atom. The minimum Gasteiger partial charge on any atom is -0.411 e. The van der Waals surface area contributed by atoms with Crippen molar-refractivity contribution in [2.75, 3.05) is 5.73 Å². The van der Waals surface area contributed by atoms with Crippen LogP contribution in [0.3, 0.4) is 0 Å². The van der Waals surface area contributed by atoms with Crippen molar-refractivity contribution < 1.29 is 10.0 Å². The Labute approximate surface area is 198 Å². The van der Waals surface area contributed by atoms with Crippen molar-refractivity contribution in [2.45, 2.75) is 13.0 Å². The van der Waals surface area contributed by atoms with Gasteiger partial charge in [-0.2, -0.15) is 0 Å². The minimum atomic E-state index is -0.590. The SMILES string of the molecule is C[C@H](NC(=O)c1c(N)nn2cccnc12)c1cc2cccc(/C=N\O)c2c(=O)n1-c1ccccc1. The van der Waals surface area contributed by atoms with E-state index in [1.165, 1.54) is 10.7 Å². The van der Waals surface area contributed by atoms with Crippen LogP contribution in [0.2, 0.25) is 0 Å². The molecule has 0 bridgehead atoms. The molecule has 1 amide bonds. The van der Waals surface area contributed by atoms with E-state index in [0.29, 0.717) is 33.4 Å². The molecule has 0 spiro atoms. The standard InChI is InChI=1S/C25H21N7O3/c1-15(29-24(33)21-22(26)30-31-12-6-11-27-23(21)31)19-13-16-7-5-8-17(14-28-35)20(16)25(34)32(19)18-9-3-2-4-10-18/h2-15,35H,1H3,(H2,26,30)(H,29,33)/b28-14-/t15-/m0/s1. The van der Waals surface area contributed by atoms with Gasteiger partial charge in [-0.05, 0) is 36.6 Å². The number of fused-ring (bicyclic) bond motifs is 2. The third-order valence-electron chi connectivity index (χ3n) is 5.76. The maximum atomic E-state index is 13.8. The van der Waals surface area contributed by atoms with E-state index in [1.807, 2.05) is 24.3 Å². The molecule has 0 unspecified atom stereocenters. The molecule has 10 heteroatoms. The normalized spacial score (nSPS) is 12.4. The van der Waals surface area contributed by atoms with Crippen LogP contribution < -0.4 is 16.6 Å². The average Bonchev–Trinajstić information content (AvgIpc) is 3.20. The molecule has 3 aromatic heterocycles. The largest absolute Gasteiger partial charge is 0.411 e. The lowest BCUT2D eigenvalue weighted by Gasteiger charge is -2.21. The van der Waals surface area contributed by atoms with Gasteiger partial charge in [0.2, 0.25) is 0 Å². The van der Waals surface area contributed by atoms with Crippen molar-refractivity contribution in [3.63, 3.8) is 0 Å². The number of oxime groups is 1. The summed E-state index contributed by atoms with van der Waals surface area (Å²) in [6.45, 7) is 1.78. The second-order valence-corrected chi connectivity index (χ2v) is 7.94. The molecule has 3 heterocycles. The van der Waals surface area contributed by atoms with Gasteiger partial charge in [-0.3, -0.25) is 14.2 Å². The number of nitrogens with zero attached hydrogens (tertiary/aromatic N) is 5. The zero-order valence-electron chi connectivity index (χ0n) is 18.7. The van der Waals surface area contributed by atoms with Crippen LogP contribution in [0.25, 0.3) is 22.1 Å². The second-order valence-electron chi connectivity index (χ2n) is 7.94. The number of para-hydroxylation sites is 1. The summed E-state index contributed by atoms with van der Waals surface area (Å²) in [5, 5.41) is 20.3. The number of pyridine rings is 1. The van der Waals surface area contributed by atoms with Crippen LogP contribution in [0.4, 0.5) is 5.82 Å². The average molecular weight is 467 g/mol. The van der Waals surface area contributed by atoms with Gasteiger partial charge in [0.05, 0.1) is 17.6 Å². The van der Waals surface area contributed by atoms with Gasteiger partial charge in [0.15, 0.2) is 11.5 Å². The number of hydrogen-bond donors (Lipinski definition) is 3. The van der Waals surface area contributed by atoms with Gasteiger partial charge in [0.1, 0.15) is 5.56 Å². The van der Waals surface area contributed by atoms with Crippen LogP contribution in [0.1, 0.15) is 34.6 Å². The summed E-state index contributed by atoms with van der Waals surface area (Å²) in [6.07, 6.45) is 4.44. The van der Waals surface area contributed by atoms with Gasteiger partial charge >= 0.3 is 0 Å². The van der Waals surface area contributed by atoms with E-state index in [4.69, 9.17) is 10.9 Å². The number of nitrogen functional groups attached to an aromatic ring is 1. The fourth-order valence-corrected chi connectivity index (χ4v) is 4.21. The van der Waals surface area contributed by atoms with E-state index < -0.39 is 11.9 Å². The number of benzene rings is 2. The van der Waals surface area contributed by atoms with E-state index in [0.717, 1.165) is 0 Å². The zero-order valence-corrected chi connectivity index (χ0v) is 18.7. The van der Waals surface area contributed by atoms with Crippen molar-refractivity contribution in [1.29, 1.82) is 0 Å². The molecule has 0 fully saturated rings. The molecule has 2 aromatic carbocycles. The molecule has 10 nitrogen and oxygen atoms in total. The minimum absolute atomic E-state index is 0.0558. The Morgan fingerprint density at radius 3 is 2.74 bits per heavy atom. The lowest BCUT2D eigenvalue weighted by Crippen LogP contribution is -2.32. The number of hydrogen-bond acceptors (Lipinski definition) is 7. The quantitative estimate of drug-likeness (QED) is 0.206. The van der Waals surface area contributed by atoms with Crippen molar-refractivity contribution in [3.05, 3.63) is 100 Å². The van der Waals surface area contributed by atoms with Gasteiger partial charge in [-0.15, -0.1) is 5.10 Å². The molecule has 174 valence electrons. The number of anilines is 1. The lowest BCUT2D eigenvalue weighted by atomic mass is 10.0. The third-order valence-corrected chi connectivity index (χ3v) is 5.76. The van der Waals surface area contributed by atoms with Gasteiger partial charge in [0.25, 0.3) is 11.5 Å². The van der Waals surface area contributed by atoms with E-state index in [-0.39, 0.29) is 16.9 Å². The summed E-state index contributed by atoms with van der Waals surface area (Å²) in [5.41, 5.74) is 7.87. The van der Waals surface area contributed by atoms with Crippen molar-refractivity contribution in [1.82, 2.24) is 24.5 Å². The Kier molecular flexibility index (Phi) is 5.46. The van der Waals surface area contributed by atoms with Crippen LogP contribution >= 0.6 is 0 Å². The van der Waals surface area contributed by atoms with Crippen molar-refractivity contribution >= 4 is 34.4 Å². The molecule has 5 rings (SSSR count). The molecule has 35 heavy (non-hydrogen) atoms. The first-order valence-corrected chi connectivity index (χ1v) is 10.8. The van der Waals surface area contributed by atoms with E-state index in [9.17, 15) is 9.59 Å². The fraction of sp³-hybridized carbons (Fsp3) is 0.0800. The number of rotatable bonds is 5. The van der Waals surface area contributed by atoms with Crippen LogP contribution in [0.15, 0.2) is 83.0 Å².